The van der Waals surface area contributed by atoms with E-state index >= 15 is 0 Å². The van der Waals surface area contributed by atoms with Gasteiger partial charge in [-0.15, -0.1) is 0 Å². The number of nitrogens with one attached hydrogen (secondary N) is 2. The minimum absolute atomic E-state index is 0.271. The van der Waals surface area contributed by atoms with Gasteiger partial charge in [0, 0.05) is 31.1 Å². The molecule has 1 heterocycles. The molecule has 1 fully saturated rings. The Balaban J connectivity index is 2.21. The molecule has 0 radical (unpaired) electrons. The van der Waals surface area contributed by atoms with Gasteiger partial charge in [-0.3, -0.25) is 15.0 Å². The number of thioether (sulfide) groups is 1. The quantitative estimate of drug-likeness (QED) is 0.890. The van der Waals surface area contributed by atoms with E-state index in [4.69, 9.17) is 0 Å². The maximum Gasteiger partial charge on any atom is 0.321 e. The first-order valence-electron chi connectivity index (χ1n) is 7.58. The summed E-state index contributed by atoms with van der Waals surface area (Å²) >= 11 is 1.96. The Morgan fingerprint density at radius 2 is 2.09 bits per heavy atom. The molecule has 6 heteroatoms. The average molecular weight is 321 g/mol. The summed E-state index contributed by atoms with van der Waals surface area (Å²) in [5.74, 6) is 0.738. The van der Waals surface area contributed by atoms with Crippen LogP contribution in [0.4, 0.5) is 4.79 Å². The molecule has 120 valence electrons. The molecular formula is C16H23N3O2S. The molecule has 2 N–H and O–H groups in total. The summed E-state index contributed by atoms with van der Waals surface area (Å²) in [7, 11) is 1.50. The fourth-order valence-corrected chi connectivity index (χ4v) is 3.84. The zero-order chi connectivity index (χ0) is 15.9. The smallest absolute Gasteiger partial charge is 0.321 e. The fraction of sp³-hybridized carbons (Fsp3) is 0.500. The maximum absolute atomic E-state index is 12.6. The van der Waals surface area contributed by atoms with Gasteiger partial charge in [0.25, 0.3) is 0 Å². The van der Waals surface area contributed by atoms with Crippen LogP contribution in [0, 0.1) is 0 Å². The molecule has 1 saturated heterocycles. The van der Waals surface area contributed by atoms with Crippen LogP contribution in [0.25, 0.3) is 0 Å². The number of amides is 3. The molecular weight excluding hydrogens is 298 g/mol. The van der Waals surface area contributed by atoms with Gasteiger partial charge in [-0.1, -0.05) is 37.3 Å². The van der Waals surface area contributed by atoms with Crippen molar-refractivity contribution in [3.63, 3.8) is 0 Å². The third-order valence-electron chi connectivity index (χ3n) is 3.82. The van der Waals surface area contributed by atoms with E-state index in [1.807, 2.05) is 42.1 Å². The molecule has 3 amide bonds. The summed E-state index contributed by atoms with van der Waals surface area (Å²) in [6, 6.07) is 8.76. The Morgan fingerprint density at radius 1 is 1.36 bits per heavy atom. The second kappa shape index (κ2) is 8.19. The molecule has 5 nitrogen and oxygen atoms in total. The van der Waals surface area contributed by atoms with E-state index in [9.17, 15) is 9.59 Å². The number of hydrogen-bond donors (Lipinski definition) is 2. The van der Waals surface area contributed by atoms with Crippen molar-refractivity contribution >= 4 is 23.7 Å². The highest BCUT2D eigenvalue weighted by Crippen LogP contribution is 2.28. The Labute approximate surface area is 135 Å². The molecule has 2 atom stereocenters. The summed E-state index contributed by atoms with van der Waals surface area (Å²) in [6.07, 6.45) is 1.08. The highest BCUT2D eigenvalue weighted by molar-refractivity contribution is 8.00. The second-order valence-electron chi connectivity index (χ2n) is 5.28. The van der Waals surface area contributed by atoms with Gasteiger partial charge >= 0.3 is 6.03 Å². The van der Waals surface area contributed by atoms with Crippen molar-refractivity contribution in [2.24, 2.45) is 0 Å². The van der Waals surface area contributed by atoms with E-state index in [1.165, 1.54) is 7.05 Å². The Kier molecular flexibility index (Phi) is 6.27. The van der Waals surface area contributed by atoms with Crippen LogP contribution in [-0.4, -0.2) is 48.0 Å². The number of nitrogens with zero attached hydrogens (tertiary/aromatic N) is 1. The van der Waals surface area contributed by atoms with Crippen molar-refractivity contribution in [1.29, 1.82) is 0 Å². The highest BCUT2D eigenvalue weighted by Gasteiger charge is 2.32. The van der Waals surface area contributed by atoms with Gasteiger partial charge in [-0.05, 0) is 12.0 Å². The third kappa shape index (κ3) is 4.24. The van der Waals surface area contributed by atoms with Crippen molar-refractivity contribution in [3.05, 3.63) is 35.9 Å². The molecule has 0 spiro atoms. The number of rotatable bonds is 4. The van der Waals surface area contributed by atoms with E-state index in [1.54, 1.807) is 0 Å². The van der Waals surface area contributed by atoms with Crippen molar-refractivity contribution < 1.29 is 9.59 Å². The first kappa shape index (κ1) is 16.8. The molecule has 22 heavy (non-hydrogen) atoms. The lowest BCUT2D eigenvalue weighted by molar-refractivity contribution is -0.125. The summed E-state index contributed by atoms with van der Waals surface area (Å²) < 4.78 is 0. The van der Waals surface area contributed by atoms with Gasteiger partial charge in [0.15, 0.2) is 0 Å². The van der Waals surface area contributed by atoms with Crippen LogP contribution >= 0.6 is 11.8 Å². The standard InChI is InChI=1S/C16H23N3O2S/c1-3-13-11-19(9-10-22-13)14(12-7-5-4-6-8-12)15(20)18-16(21)17-2/h4-8,13-14H,3,9-11H2,1-2H3,(H2,17,18,20,21)/t13-,14-/m0/s1. The molecule has 0 aliphatic carbocycles. The average Bonchev–Trinajstić information content (AvgIpc) is 2.56. The van der Waals surface area contributed by atoms with Crippen molar-refractivity contribution in [3.8, 4) is 0 Å². The Hall–Kier alpha value is -1.53. The molecule has 0 aromatic heterocycles. The first-order chi connectivity index (χ1) is 10.7. The molecule has 1 aromatic rings. The van der Waals surface area contributed by atoms with Crippen LogP contribution in [0.1, 0.15) is 24.9 Å². The summed E-state index contributed by atoms with van der Waals surface area (Å²) in [5.41, 5.74) is 0.922. The lowest BCUT2D eigenvalue weighted by atomic mass is 10.0. The van der Waals surface area contributed by atoms with Gasteiger partial charge in [0.1, 0.15) is 6.04 Å². The van der Waals surface area contributed by atoms with Gasteiger partial charge in [0.2, 0.25) is 5.91 Å². The third-order valence-corrected chi connectivity index (χ3v) is 5.19. The van der Waals surface area contributed by atoms with Crippen molar-refractivity contribution in [2.75, 3.05) is 25.9 Å². The minimum Gasteiger partial charge on any atom is -0.341 e. The van der Waals surface area contributed by atoms with E-state index in [2.05, 4.69) is 22.5 Å². The number of hydrogen-bond acceptors (Lipinski definition) is 4. The Bertz CT molecular complexity index is 509. The van der Waals surface area contributed by atoms with Crippen molar-refractivity contribution in [2.45, 2.75) is 24.6 Å². The van der Waals surface area contributed by atoms with Crippen LogP contribution in [0.3, 0.4) is 0 Å². The summed E-state index contributed by atoms with van der Waals surface area (Å²) in [4.78, 5) is 26.3. The van der Waals surface area contributed by atoms with Crippen LogP contribution in [0.15, 0.2) is 30.3 Å². The molecule has 0 saturated carbocycles. The molecule has 1 aliphatic rings. The number of benzene rings is 1. The largest absolute Gasteiger partial charge is 0.341 e. The van der Waals surface area contributed by atoms with Gasteiger partial charge < -0.3 is 5.32 Å². The van der Waals surface area contributed by atoms with Gasteiger partial charge in [-0.2, -0.15) is 11.8 Å². The summed E-state index contributed by atoms with van der Waals surface area (Å²) in [6.45, 7) is 3.88. The normalized spacial score (nSPS) is 20.2. The monoisotopic (exact) mass is 321 g/mol. The molecule has 0 bridgehead atoms. The summed E-state index contributed by atoms with van der Waals surface area (Å²) in [5, 5.41) is 5.39. The van der Waals surface area contributed by atoms with Crippen LogP contribution in [-0.2, 0) is 4.79 Å². The Morgan fingerprint density at radius 3 is 2.73 bits per heavy atom. The lowest BCUT2D eigenvalue weighted by Crippen LogP contribution is -2.49. The van der Waals surface area contributed by atoms with E-state index < -0.39 is 12.1 Å². The second-order valence-corrected chi connectivity index (χ2v) is 6.69. The van der Waals surface area contributed by atoms with E-state index in [0.717, 1.165) is 30.8 Å². The number of urea groups is 1. The minimum atomic E-state index is -0.468. The van der Waals surface area contributed by atoms with Gasteiger partial charge in [-0.25, -0.2) is 4.79 Å². The number of imide groups is 1. The predicted octanol–water partition coefficient (Wildman–Crippen LogP) is 2.01. The van der Waals surface area contributed by atoms with Crippen LogP contribution in [0.2, 0.25) is 0 Å². The SMILES string of the molecule is CC[C@H]1CN([C@H](C(=O)NC(=O)NC)c2ccccc2)CCS1. The lowest BCUT2D eigenvalue weighted by Gasteiger charge is -2.37. The molecule has 1 aliphatic heterocycles. The first-order valence-corrected chi connectivity index (χ1v) is 8.63. The number of carbonyl (C=O) groups is 2. The molecule has 2 rings (SSSR count). The fourth-order valence-electron chi connectivity index (χ4n) is 2.63. The zero-order valence-electron chi connectivity index (χ0n) is 13.0. The maximum atomic E-state index is 12.6. The van der Waals surface area contributed by atoms with Crippen LogP contribution < -0.4 is 10.6 Å². The van der Waals surface area contributed by atoms with E-state index in [-0.39, 0.29) is 5.91 Å². The highest BCUT2D eigenvalue weighted by atomic mass is 32.2. The molecule has 1 aromatic carbocycles. The van der Waals surface area contributed by atoms with E-state index in [0.29, 0.717) is 5.25 Å². The topological polar surface area (TPSA) is 61.4 Å². The number of carbonyl (C=O) groups excluding carboxylic acids is 2. The van der Waals surface area contributed by atoms with Crippen molar-refractivity contribution in [1.82, 2.24) is 15.5 Å². The predicted molar refractivity (Wildman–Crippen MR) is 89.9 cm³/mol. The van der Waals surface area contributed by atoms with Gasteiger partial charge in [0.05, 0.1) is 0 Å². The molecule has 0 unspecified atom stereocenters. The zero-order valence-corrected chi connectivity index (χ0v) is 13.9. The van der Waals surface area contributed by atoms with Crippen LogP contribution in [0.5, 0.6) is 0 Å².